The molecule has 0 aliphatic rings. The standard InChI is InChI=1S/C11H13ClN2OS/c1-6(2)7(3)15-9-8-4-5-16-10(8)14-11(12)13-9/h4-7H,1-3H3. The average Bonchev–Trinajstić information content (AvgIpc) is 2.65. The van der Waals surface area contributed by atoms with E-state index < -0.39 is 0 Å². The minimum Gasteiger partial charge on any atom is -0.474 e. The lowest BCUT2D eigenvalue weighted by atomic mass is 10.1. The van der Waals surface area contributed by atoms with E-state index in [1.807, 2.05) is 18.4 Å². The van der Waals surface area contributed by atoms with Gasteiger partial charge in [0.25, 0.3) is 0 Å². The molecular formula is C11H13ClN2OS. The molecule has 1 unspecified atom stereocenters. The monoisotopic (exact) mass is 256 g/mol. The van der Waals surface area contributed by atoms with Crippen molar-refractivity contribution >= 4 is 33.2 Å². The number of fused-ring (bicyclic) bond motifs is 1. The molecule has 0 spiro atoms. The summed E-state index contributed by atoms with van der Waals surface area (Å²) >= 11 is 7.38. The van der Waals surface area contributed by atoms with E-state index in [9.17, 15) is 0 Å². The summed E-state index contributed by atoms with van der Waals surface area (Å²) < 4.78 is 5.80. The first-order valence-electron chi connectivity index (χ1n) is 5.15. The van der Waals surface area contributed by atoms with Crippen molar-refractivity contribution in [2.75, 3.05) is 0 Å². The van der Waals surface area contributed by atoms with E-state index in [0.29, 0.717) is 11.8 Å². The maximum atomic E-state index is 5.85. The van der Waals surface area contributed by atoms with Crippen LogP contribution in [0, 0.1) is 5.92 Å². The molecule has 0 amide bonds. The normalized spacial score (nSPS) is 13.3. The lowest BCUT2D eigenvalue weighted by Crippen LogP contribution is -2.19. The van der Waals surface area contributed by atoms with Gasteiger partial charge in [0.2, 0.25) is 11.2 Å². The Morgan fingerprint density at radius 1 is 1.31 bits per heavy atom. The lowest BCUT2D eigenvalue weighted by molar-refractivity contribution is 0.166. The van der Waals surface area contributed by atoms with E-state index in [2.05, 4.69) is 23.8 Å². The first-order chi connectivity index (χ1) is 7.58. The van der Waals surface area contributed by atoms with Crippen LogP contribution in [0.15, 0.2) is 11.4 Å². The Morgan fingerprint density at radius 3 is 2.75 bits per heavy atom. The van der Waals surface area contributed by atoms with Gasteiger partial charge in [0, 0.05) is 0 Å². The molecule has 0 aliphatic carbocycles. The minimum absolute atomic E-state index is 0.106. The van der Waals surface area contributed by atoms with Gasteiger partial charge in [-0.05, 0) is 35.9 Å². The Bertz CT molecular complexity index is 498. The molecule has 0 radical (unpaired) electrons. The smallest absolute Gasteiger partial charge is 0.227 e. The van der Waals surface area contributed by atoms with Gasteiger partial charge in [-0.2, -0.15) is 4.98 Å². The molecule has 2 rings (SSSR count). The summed E-state index contributed by atoms with van der Waals surface area (Å²) in [4.78, 5) is 9.14. The summed E-state index contributed by atoms with van der Waals surface area (Å²) in [6.45, 7) is 6.25. The van der Waals surface area contributed by atoms with Gasteiger partial charge in [0.05, 0.1) is 11.5 Å². The molecule has 0 saturated carbocycles. The van der Waals surface area contributed by atoms with Crippen LogP contribution in [0.3, 0.4) is 0 Å². The van der Waals surface area contributed by atoms with Crippen LogP contribution in [-0.4, -0.2) is 16.1 Å². The maximum absolute atomic E-state index is 5.85. The van der Waals surface area contributed by atoms with Crippen molar-refractivity contribution in [3.8, 4) is 5.88 Å². The summed E-state index contributed by atoms with van der Waals surface area (Å²) in [7, 11) is 0. The van der Waals surface area contributed by atoms with Crippen LogP contribution in [0.2, 0.25) is 5.28 Å². The molecule has 0 bridgehead atoms. The summed E-state index contributed by atoms with van der Waals surface area (Å²) in [5, 5.41) is 3.13. The van der Waals surface area contributed by atoms with Gasteiger partial charge in [0.1, 0.15) is 4.83 Å². The Labute approximate surface area is 103 Å². The van der Waals surface area contributed by atoms with Crippen molar-refractivity contribution in [1.82, 2.24) is 9.97 Å². The van der Waals surface area contributed by atoms with Crippen LogP contribution >= 0.6 is 22.9 Å². The SMILES string of the molecule is CC(C)C(C)Oc1nc(Cl)nc2sccc12. The zero-order valence-corrected chi connectivity index (χ0v) is 11.0. The van der Waals surface area contributed by atoms with E-state index in [4.69, 9.17) is 16.3 Å². The Balaban J connectivity index is 2.39. The van der Waals surface area contributed by atoms with Crippen LogP contribution in [0.5, 0.6) is 5.88 Å². The Morgan fingerprint density at radius 2 is 2.06 bits per heavy atom. The first-order valence-corrected chi connectivity index (χ1v) is 6.41. The molecule has 2 aromatic heterocycles. The van der Waals surface area contributed by atoms with E-state index in [-0.39, 0.29) is 11.4 Å². The highest BCUT2D eigenvalue weighted by Crippen LogP contribution is 2.29. The highest BCUT2D eigenvalue weighted by molar-refractivity contribution is 7.16. The van der Waals surface area contributed by atoms with Crippen LogP contribution in [-0.2, 0) is 0 Å². The second kappa shape index (κ2) is 4.55. The van der Waals surface area contributed by atoms with Gasteiger partial charge in [-0.15, -0.1) is 11.3 Å². The van der Waals surface area contributed by atoms with Crippen LogP contribution < -0.4 is 4.74 Å². The molecule has 16 heavy (non-hydrogen) atoms. The number of ether oxygens (including phenoxy) is 1. The predicted molar refractivity (Wildman–Crippen MR) is 67.4 cm³/mol. The molecule has 1 atom stereocenters. The molecule has 0 fully saturated rings. The quantitative estimate of drug-likeness (QED) is 0.784. The molecule has 3 nitrogen and oxygen atoms in total. The van der Waals surface area contributed by atoms with E-state index in [0.717, 1.165) is 10.2 Å². The van der Waals surface area contributed by atoms with Crippen LogP contribution in [0.4, 0.5) is 0 Å². The summed E-state index contributed by atoms with van der Waals surface area (Å²) in [6.07, 6.45) is 0.106. The molecule has 5 heteroatoms. The average molecular weight is 257 g/mol. The molecule has 0 saturated heterocycles. The molecule has 86 valence electrons. The fourth-order valence-corrected chi connectivity index (χ4v) is 2.17. The number of halogens is 1. The molecular weight excluding hydrogens is 244 g/mol. The van der Waals surface area contributed by atoms with Gasteiger partial charge < -0.3 is 4.74 Å². The van der Waals surface area contributed by atoms with E-state index in [1.54, 1.807) is 0 Å². The van der Waals surface area contributed by atoms with Crippen molar-refractivity contribution in [2.24, 2.45) is 5.92 Å². The molecule has 2 aromatic rings. The summed E-state index contributed by atoms with van der Waals surface area (Å²) in [5.74, 6) is 1.01. The number of nitrogens with zero attached hydrogens (tertiary/aromatic N) is 2. The predicted octanol–water partition coefficient (Wildman–Crippen LogP) is 3.77. The minimum atomic E-state index is 0.106. The molecule has 0 aromatic carbocycles. The van der Waals surface area contributed by atoms with Crippen molar-refractivity contribution in [1.29, 1.82) is 0 Å². The zero-order chi connectivity index (χ0) is 11.7. The fraction of sp³-hybridized carbons (Fsp3) is 0.455. The molecule has 2 heterocycles. The van der Waals surface area contributed by atoms with Crippen LogP contribution in [0.25, 0.3) is 10.2 Å². The highest BCUT2D eigenvalue weighted by Gasteiger charge is 2.14. The number of thiophene rings is 1. The van der Waals surface area contributed by atoms with Crippen molar-refractivity contribution in [2.45, 2.75) is 26.9 Å². The van der Waals surface area contributed by atoms with Crippen molar-refractivity contribution in [3.05, 3.63) is 16.7 Å². The van der Waals surface area contributed by atoms with Crippen molar-refractivity contribution < 1.29 is 4.74 Å². The fourth-order valence-electron chi connectivity index (χ4n) is 1.21. The van der Waals surface area contributed by atoms with Gasteiger partial charge >= 0.3 is 0 Å². The number of aromatic nitrogens is 2. The van der Waals surface area contributed by atoms with Gasteiger partial charge in [-0.25, -0.2) is 4.98 Å². The second-order valence-corrected chi connectivity index (χ2v) is 5.24. The Kier molecular flexibility index (Phi) is 3.30. The van der Waals surface area contributed by atoms with E-state index in [1.165, 1.54) is 11.3 Å². The lowest BCUT2D eigenvalue weighted by Gasteiger charge is -2.17. The van der Waals surface area contributed by atoms with Gasteiger partial charge in [0.15, 0.2) is 0 Å². The number of hydrogen-bond donors (Lipinski definition) is 0. The third-order valence-electron chi connectivity index (χ3n) is 2.50. The van der Waals surface area contributed by atoms with Crippen molar-refractivity contribution in [3.63, 3.8) is 0 Å². The first kappa shape index (κ1) is 11.6. The third kappa shape index (κ3) is 2.28. The summed E-state index contributed by atoms with van der Waals surface area (Å²) in [6, 6.07) is 1.96. The maximum Gasteiger partial charge on any atom is 0.227 e. The van der Waals surface area contributed by atoms with Gasteiger partial charge in [-0.1, -0.05) is 13.8 Å². The molecule has 0 aliphatic heterocycles. The number of rotatable bonds is 3. The zero-order valence-electron chi connectivity index (χ0n) is 9.40. The topological polar surface area (TPSA) is 35.0 Å². The number of hydrogen-bond acceptors (Lipinski definition) is 4. The summed E-state index contributed by atoms with van der Waals surface area (Å²) in [5.41, 5.74) is 0. The highest BCUT2D eigenvalue weighted by atomic mass is 35.5. The third-order valence-corrected chi connectivity index (χ3v) is 3.47. The van der Waals surface area contributed by atoms with Gasteiger partial charge in [-0.3, -0.25) is 0 Å². The van der Waals surface area contributed by atoms with Crippen LogP contribution in [0.1, 0.15) is 20.8 Å². The Hall–Kier alpha value is -0.870. The largest absolute Gasteiger partial charge is 0.474 e. The molecule has 0 N–H and O–H groups in total. The van der Waals surface area contributed by atoms with E-state index >= 15 is 0 Å². The second-order valence-electron chi connectivity index (χ2n) is 4.00.